The van der Waals surface area contributed by atoms with Crippen LogP contribution in [-0.2, 0) is 12.6 Å². The normalized spacial score (nSPS) is 23.3. The molecule has 3 aliphatic rings. The van der Waals surface area contributed by atoms with Gasteiger partial charge < -0.3 is 15.2 Å². The van der Waals surface area contributed by atoms with Crippen molar-refractivity contribution in [3.8, 4) is 11.1 Å². The molecular formula is C25H24F3N5O. The molecule has 4 heterocycles. The summed E-state index contributed by atoms with van der Waals surface area (Å²) in [5.41, 5.74) is 3.93. The van der Waals surface area contributed by atoms with Crippen molar-refractivity contribution in [3.63, 3.8) is 0 Å². The van der Waals surface area contributed by atoms with Gasteiger partial charge in [0.15, 0.2) is 0 Å². The predicted octanol–water partition coefficient (Wildman–Crippen LogP) is 5.06. The van der Waals surface area contributed by atoms with Gasteiger partial charge in [0, 0.05) is 35.5 Å². The van der Waals surface area contributed by atoms with E-state index < -0.39 is 11.7 Å². The molecule has 6 nitrogen and oxygen atoms in total. The van der Waals surface area contributed by atoms with Crippen molar-refractivity contribution in [3.05, 3.63) is 64.3 Å². The third-order valence-electron chi connectivity index (χ3n) is 7.21. The molecule has 9 heteroatoms. The Hall–Kier alpha value is -3.20. The van der Waals surface area contributed by atoms with Gasteiger partial charge in [-0.25, -0.2) is 9.97 Å². The molecular weight excluding hydrogens is 443 g/mol. The fourth-order valence-electron chi connectivity index (χ4n) is 5.64. The Morgan fingerprint density at radius 1 is 1.18 bits per heavy atom. The Balaban J connectivity index is 1.36. The van der Waals surface area contributed by atoms with E-state index in [9.17, 15) is 13.2 Å². The minimum absolute atomic E-state index is 0.0787. The van der Waals surface area contributed by atoms with Crippen LogP contribution in [0, 0.1) is 13.8 Å². The maximum atomic E-state index is 13.9. The lowest BCUT2D eigenvalue weighted by atomic mass is 9.95. The van der Waals surface area contributed by atoms with Crippen molar-refractivity contribution >= 4 is 11.5 Å². The average Bonchev–Trinajstić information content (AvgIpc) is 3.57. The maximum absolute atomic E-state index is 13.9. The number of halogens is 3. The van der Waals surface area contributed by atoms with Gasteiger partial charge in [0.1, 0.15) is 11.3 Å². The number of allylic oxidation sites excluding steroid dienone is 1. The largest absolute Gasteiger partial charge is 0.419 e. The first kappa shape index (κ1) is 21.3. The van der Waals surface area contributed by atoms with E-state index in [0.29, 0.717) is 29.8 Å². The van der Waals surface area contributed by atoms with Crippen molar-refractivity contribution in [2.45, 2.75) is 63.8 Å². The van der Waals surface area contributed by atoms with Gasteiger partial charge in [-0.1, -0.05) is 29.4 Å². The Bertz CT molecular complexity index is 1290. The van der Waals surface area contributed by atoms with Crippen molar-refractivity contribution in [1.29, 1.82) is 0 Å². The lowest BCUT2D eigenvalue weighted by molar-refractivity contribution is -0.138. The molecule has 2 N–H and O–H groups in total. The fraction of sp³-hybridized carbons (Fsp3) is 0.400. The third-order valence-corrected chi connectivity index (χ3v) is 7.21. The molecule has 0 radical (unpaired) electrons. The SMILES string of the molecule is Cc1noc(C)c1-c1ccc2c(c1)CC=C2c1nc(N[C@H]2C[C@H]3CC[C@@H]2N3)ncc1C(F)(F)F. The predicted molar refractivity (Wildman–Crippen MR) is 121 cm³/mol. The summed E-state index contributed by atoms with van der Waals surface area (Å²) in [7, 11) is 0. The molecule has 2 aliphatic heterocycles. The minimum atomic E-state index is -4.55. The molecule has 0 amide bonds. The molecule has 3 aromatic rings. The molecule has 34 heavy (non-hydrogen) atoms. The number of hydrogen-bond acceptors (Lipinski definition) is 6. The second kappa shape index (κ2) is 7.66. The van der Waals surface area contributed by atoms with E-state index in [-0.39, 0.29) is 17.7 Å². The number of anilines is 1. The first-order chi connectivity index (χ1) is 16.3. The quantitative estimate of drug-likeness (QED) is 0.559. The highest BCUT2D eigenvalue weighted by atomic mass is 19.4. The van der Waals surface area contributed by atoms with Crippen LogP contribution in [0.2, 0.25) is 0 Å². The second-order valence-electron chi connectivity index (χ2n) is 9.38. The monoisotopic (exact) mass is 467 g/mol. The number of hydrogen-bond donors (Lipinski definition) is 2. The number of aromatic nitrogens is 3. The summed E-state index contributed by atoms with van der Waals surface area (Å²) in [4.78, 5) is 8.44. The molecule has 2 saturated heterocycles. The van der Waals surface area contributed by atoms with Crippen molar-refractivity contribution < 1.29 is 17.7 Å². The average molecular weight is 467 g/mol. The lowest BCUT2D eigenvalue weighted by Gasteiger charge is -2.22. The van der Waals surface area contributed by atoms with Crippen molar-refractivity contribution in [2.24, 2.45) is 0 Å². The van der Waals surface area contributed by atoms with Crippen LogP contribution in [0.5, 0.6) is 0 Å². The zero-order valence-electron chi connectivity index (χ0n) is 18.8. The lowest BCUT2D eigenvalue weighted by Crippen LogP contribution is -2.34. The van der Waals surface area contributed by atoms with Crippen molar-refractivity contribution in [1.82, 2.24) is 20.4 Å². The standard InChI is InChI=1S/C25H24F3N5O/c1-12-22(13(2)34-33-12)15-4-6-17-14(9-15)3-7-18(17)23-19(25(26,27)28)11-29-24(32-23)31-21-10-16-5-8-20(21)30-16/h4,6-7,9,11,16,20-21,30H,3,5,8,10H2,1-2H3,(H,29,31,32)/t16-,20+,21+/m1/s1. The van der Waals surface area contributed by atoms with Crippen LogP contribution in [0.25, 0.3) is 16.7 Å². The van der Waals surface area contributed by atoms with Crippen LogP contribution in [-0.4, -0.2) is 33.3 Å². The number of alkyl halides is 3. The van der Waals surface area contributed by atoms with E-state index in [1.54, 1.807) is 0 Å². The number of nitrogens with zero attached hydrogens (tertiary/aromatic N) is 3. The highest BCUT2D eigenvalue weighted by Crippen LogP contribution is 2.41. The summed E-state index contributed by atoms with van der Waals surface area (Å²) in [5, 5.41) is 10.8. The van der Waals surface area contributed by atoms with Crippen LogP contribution in [0.1, 0.15) is 53.1 Å². The van der Waals surface area contributed by atoms with E-state index in [4.69, 9.17) is 4.52 Å². The molecule has 3 atom stereocenters. The highest BCUT2D eigenvalue weighted by Gasteiger charge is 2.40. The Kier molecular flexibility index (Phi) is 4.81. The van der Waals surface area contributed by atoms with Gasteiger partial charge in [-0.15, -0.1) is 0 Å². The molecule has 0 saturated carbocycles. The van der Waals surface area contributed by atoms with Gasteiger partial charge in [0.05, 0.1) is 11.4 Å². The number of rotatable bonds is 4. The first-order valence-corrected chi connectivity index (χ1v) is 11.5. The zero-order valence-corrected chi connectivity index (χ0v) is 18.8. The Labute approximate surface area is 194 Å². The number of benzene rings is 1. The molecule has 176 valence electrons. The summed E-state index contributed by atoms with van der Waals surface area (Å²) >= 11 is 0. The Morgan fingerprint density at radius 2 is 2.03 bits per heavy atom. The van der Waals surface area contributed by atoms with Gasteiger partial charge in [-0.2, -0.15) is 13.2 Å². The van der Waals surface area contributed by atoms with Crippen LogP contribution in [0.3, 0.4) is 0 Å². The van der Waals surface area contributed by atoms with E-state index in [2.05, 4.69) is 25.8 Å². The molecule has 1 aromatic carbocycles. The molecule has 2 aromatic heterocycles. The maximum Gasteiger partial charge on any atom is 0.419 e. The Morgan fingerprint density at radius 3 is 2.71 bits per heavy atom. The summed E-state index contributed by atoms with van der Waals surface area (Å²) in [6.45, 7) is 3.72. The van der Waals surface area contributed by atoms with Crippen molar-refractivity contribution in [2.75, 3.05) is 5.32 Å². The van der Waals surface area contributed by atoms with E-state index in [0.717, 1.165) is 53.4 Å². The smallest absolute Gasteiger partial charge is 0.361 e. The van der Waals surface area contributed by atoms with E-state index in [1.807, 2.05) is 38.1 Å². The first-order valence-electron chi connectivity index (χ1n) is 11.5. The van der Waals surface area contributed by atoms with Gasteiger partial charge in [-0.05, 0) is 56.2 Å². The second-order valence-corrected chi connectivity index (χ2v) is 9.38. The molecule has 6 rings (SSSR count). The summed E-state index contributed by atoms with van der Waals surface area (Å²) in [6, 6.07) is 6.68. The highest BCUT2D eigenvalue weighted by molar-refractivity contribution is 5.86. The third kappa shape index (κ3) is 3.50. The summed E-state index contributed by atoms with van der Waals surface area (Å²) in [5.74, 6) is 0.952. The number of fused-ring (bicyclic) bond motifs is 3. The van der Waals surface area contributed by atoms with Crippen LogP contribution in [0.4, 0.5) is 19.1 Å². The molecule has 2 bridgehead atoms. The minimum Gasteiger partial charge on any atom is -0.361 e. The van der Waals surface area contributed by atoms with E-state index in [1.165, 1.54) is 0 Å². The van der Waals surface area contributed by atoms with Crippen LogP contribution >= 0.6 is 0 Å². The summed E-state index contributed by atoms with van der Waals surface area (Å²) < 4.78 is 47.0. The molecule has 1 aliphatic carbocycles. The molecule has 0 spiro atoms. The fourth-order valence-corrected chi connectivity index (χ4v) is 5.64. The summed E-state index contributed by atoms with van der Waals surface area (Å²) in [6.07, 6.45) is 1.83. The number of aryl methyl sites for hydroxylation is 2. The van der Waals surface area contributed by atoms with Gasteiger partial charge in [0.2, 0.25) is 5.95 Å². The van der Waals surface area contributed by atoms with Gasteiger partial charge in [-0.3, -0.25) is 0 Å². The molecule has 2 fully saturated rings. The van der Waals surface area contributed by atoms with Gasteiger partial charge >= 0.3 is 6.18 Å². The number of nitrogens with one attached hydrogen (secondary N) is 2. The molecule has 0 unspecified atom stereocenters. The van der Waals surface area contributed by atoms with Crippen LogP contribution in [0.15, 0.2) is 35.0 Å². The van der Waals surface area contributed by atoms with Gasteiger partial charge in [0.25, 0.3) is 0 Å². The topological polar surface area (TPSA) is 75.9 Å². The van der Waals surface area contributed by atoms with E-state index >= 15 is 0 Å². The zero-order chi connectivity index (χ0) is 23.6. The van der Waals surface area contributed by atoms with Crippen LogP contribution < -0.4 is 10.6 Å².